The first-order chi connectivity index (χ1) is 29.3. The van der Waals surface area contributed by atoms with Crippen LogP contribution >= 0.6 is 0 Å². The highest BCUT2D eigenvalue weighted by Gasteiger charge is 2.47. The number of fused-ring (bicyclic) bond motifs is 7. The van der Waals surface area contributed by atoms with Gasteiger partial charge in [-0.25, -0.2) is 0 Å². The van der Waals surface area contributed by atoms with Gasteiger partial charge in [0, 0.05) is 39.3 Å². The van der Waals surface area contributed by atoms with Crippen molar-refractivity contribution in [2.24, 2.45) is 0 Å². The molecule has 0 saturated heterocycles. The highest BCUT2D eigenvalue weighted by Crippen LogP contribution is 2.51. The molecule has 2 aliphatic heterocycles. The topological polar surface area (TPSA) is 19.6 Å². The number of aryl methyl sites for hydroxylation is 1. The molecule has 0 unspecified atom stereocenters. The molecule has 1 aromatic heterocycles. The van der Waals surface area contributed by atoms with Gasteiger partial charge in [0.1, 0.15) is 5.58 Å². The van der Waals surface area contributed by atoms with Crippen molar-refractivity contribution < 1.29 is 4.42 Å². The Morgan fingerprint density at radius 3 is 1.67 bits per heavy atom. The molecule has 0 fully saturated rings. The maximum absolute atomic E-state index is 7.38. The Morgan fingerprint density at radius 1 is 0.525 bits per heavy atom. The second kappa shape index (κ2) is 13.4. The van der Waals surface area contributed by atoms with E-state index in [1.807, 2.05) is 0 Å². The third-order valence-corrected chi connectivity index (χ3v) is 14.1. The molecule has 0 atom stereocenters. The molecule has 0 radical (unpaired) electrons. The minimum Gasteiger partial charge on any atom is -0.440 e. The highest BCUT2D eigenvalue weighted by atomic mass is 16.4. The van der Waals surface area contributed by atoms with Crippen LogP contribution in [-0.4, -0.2) is 6.71 Å². The van der Waals surface area contributed by atoms with Crippen LogP contribution in [0.4, 0.5) is 34.3 Å². The zero-order valence-electron chi connectivity index (χ0n) is 36.7. The summed E-state index contributed by atoms with van der Waals surface area (Å²) >= 11 is 0. The van der Waals surface area contributed by atoms with Gasteiger partial charge < -0.3 is 9.32 Å². The summed E-state index contributed by atoms with van der Waals surface area (Å²) < 4.78 is 7.38. The lowest BCUT2D eigenvalue weighted by molar-refractivity contribution is 0.332. The third kappa shape index (κ3) is 5.93. The Hall–Kier alpha value is -6.26. The number of nitrogens with zero attached hydrogens (tertiary/aromatic N) is 2. The average molecular weight is 793 g/mol. The fourth-order valence-corrected chi connectivity index (χ4v) is 10.6. The number of hydrogen-bond acceptors (Lipinski definition) is 3. The van der Waals surface area contributed by atoms with Crippen LogP contribution in [0.25, 0.3) is 33.2 Å². The van der Waals surface area contributed by atoms with E-state index in [-0.39, 0.29) is 23.0 Å². The van der Waals surface area contributed by atoms with Crippen molar-refractivity contribution in [2.75, 3.05) is 9.80 Å². The van der Waals surface area contributed by atoms with Crippen molar-refractivity contribution in [3.8, 4) is 22.3 Å². The normalized spacial score (nSPS) is 15.9. The minimum atomic E-state index is -0.0665. The molecule has 0 saturated carbocycles. The van der Waals surface area contributed by atoms with E-state index in [1.54, 1.807) is 0 Å². The van der Waals surface area contributed by atoms with Gasteiger partial charge in [0.05, 0.1) is 0 Å². The maximum Gasteiger partial charge on any atom is 0.257 e. The standard InChI is InChI=1S/C57H53BN2O/c1-36-31-49-53-50(32-36)60(43-26-22-41(23-27-43)55(2,3)4)54-52(44-34-45-46(35-51(44)61-54)57(7,8)30-29-56(45,5)6)58(53)47-33-40(38-17-13-10-14-18-38)21-28-48(47)59(49)42-24-19-39(20-25-42)37-15-11-9-12-16-37/h9-28,31-35H,29-30H2,1-8H3. The van der Waals surface area contributed by atoms with Crippen LogP contribution < -0.4 is 26.2 Å². The van der Waals surface area contributed by atoms with E-state index in [1.165, 1.54) is 83.3 Å². The van der Waals surface area contributed by atoms with Gasteiger partial charge in [0.2, 0.25) is 5.88 Å². The molecule has 3 nitrogen and oxygen atoms in total. The summed E-state index contributed by atoms with van der Waals surface area (Å²) in [5, 5.41) is 1.22. The van der Waals surface area contributed by atoms with Crippen molar-refractivity contribution in [1.29, 1.82) is 0 Å². The molecule has 8 aromatic rings. The van der Waals surface area contributed by atoms with Gasteiger partial charge in [-0.1, -0.05) is 146 Å². The lowest BCUT2D eigenvalue weighted by atomic mass is 9.33. The molecule has 0 N–H and O–H groups in total. The molecule has 7 aromatic carbocycles. The maximum atomic E-state index is 7.38. The van der Waals surface area contributed by atoms with E-state index >= 15 is 0 Å². The summed E-state index contributed by atoms with van der Waals surface area (Å²) in [7, 11) is 0. The molecule has 11 rings (SSSR count). The Labute approximate surface area is 361 Å². The number of furan rings is 1. The largest absolute Gasteiger partial charge is 0.440 e. The van der Waals surface area contributed by atoms with E-state index in [0.29, 0.717) is 0 Å². The van der Waals surface area contributed by atoms with Crippen molar-refractivity contribution in [3.63, 3.8) is 0 Å². The monoisotopic (exact) mass is 792 g/mol. The first-order valence-corrected chi connectivity index (χ1v) is 22.1. The first-order valence-electron chi connectivity index (χ1n) is 22.1. The molecule has 0 spiro atoms. The smallest absolute Gasteiger partial charge is 0.257 e. The Bertz CT molecular complexity index is 3010. The van der Waals surface area contributed by atoms with Crippen LogP contribution in [0.15, 0.2) is 156 Å². The predicted octanol–water partition coefficient (Wildman–Crippen LogP) is 13.8. The summed E-state index contributed by atoms with van der Waals surface area (Å²) in [5.41, 5.74) is 21.0. The van der Waals surface area contributed by atoms with Gasteiger partial charge >= 0.3 is 0 Å². The second-order valence-corrected chi connectivity index (χ2v) is 20.2. The van der Waals surface area contributed by atoms with Crippen LogP contribution in [-0.2, 0) is 16.2 Å². The van der Waals surface area contributed by atoms with E-state index in [4.69, 9.17) is 4.42 Å². The molecule has 3 heterocycles. The van der Waals surface area contributed by atoms with E-state index in [0.717, 1.165) is 35.7 Å². The SMILES string of the molecule is Cc1cc2c3c(c1)N(c1ccc(C(C)(C)C)cc1)c1oc4cc5c(cc4c1B3c1cc(-c3ccccc3)ccc1N2c1ccc(-c2ccccc2)cc1)C(C)(C)CCC5(C)C. The van der Waals surface area contributed by atoms with E-state index < -0.39 is 0 Å². The Kier molecular flexibility index (Phi) is 8.27. The first kappa shape index (κ1) is 37.7. The lowest BCUT2D eigenvalue weighted by Gasteiger charge is -2.43. The lowest BCUT2D eigenvalue weighted by Crippen LogP contribution is -2.61. The Balaban J connectivity index is 1.22. The average Bonchev–Trinajstić information content (AvgIpc) is 3.63. The fraction of sp³-hybridized carbons (Fsp3) is 0.228. The fourth-order valence-electron chi connectivity index (χ4n) is 10.6. The minimum absolute atomic E-state index is 0.0357. The van der Waals surface area contributed by atoms with Crippen LogP contribution in [0.5, 0.6) is 0 Å². The summed E-state index contributed by atoms with van der Waals surface area (Å²) in [6.07, 6.45) is 2.31. The molecule has 61 heavy (non-hydrogen) atoms. The summed E-state index contributed by atoms with van der Waals surface area (Å²) in [5.74, 6) is 0.919. The van der Waals surface area contributed by atoms with Crippen molar-refractivity contribution in [2.45, 2.75) is 84.5 Å². The molecular weight excluding hydrogens is 739 g/mol. The third-order valence-electron chi connectivity index (χ3n) is 14.1. The highest BCUT2D eigenvalue weighted by molar-refractivity contribution is 7.01. The van der Waals surface area contributed by atoms with Crippen molar-refractivity contribution in [3.05, 3.63) is 174 Å². The van der Waals surface area contributed by atoms with Crippen LogP contribution in [0.2, 0.25) is 0 Å². The van der Waals surface area contributed by atoms with Gasteiger partial charge in [0.25, 0.3) is 6.71 Å². The van der Waals surface area contributed by atoms with Crippen LogP contribution in [0.3, 0.4) is 0 Å². The number of anilines is 6. The number of rotatable bonds is 4. The van der Waals surface area contributed by atoms with Gasteiger partial charge in [0.15, 0.2) is 0 Å². The zero-order valence-corrected chi connectivity index (χ0v) is 36.7. The second-order valence-electron chi connectivity index (χ2n) is 20.2. The summed E-state index contributed by atoms with van der Waals surface area (Å²) in [6.45, 7) is 18.7. The van der Waals surface area contributed by atoms with E-state index in [2.05, 4.69) is 217 Å². The van der Waals surface area contributed by atoms with Crippen molar-refractivity contribution >= 4 is 68.4 Å². The molecule has 3 aliphatic rings. The van der Waals surface area contributed by atoms with Crippen LogP contribution in [0, 0.1) is 6.92 Å². The number of hydrogen-bond donors (Lipinski definition) is 0. The molecule has 300 valence electrons. The Morgan fingerprint density at radius 2 is 1.05 bits per heavy atom. The molecular formula is C57H53BN2O. The van der Waals surface area contributed by atoms with Gasteiger partial charge in [-0.05, 0) is 146 Å². The van der Waals surface area contributed by atoms with Gasteiger partial charge in [-0.3, -0.25) is 4.90 Å². The van der Waals surface area contributed by atoms with Gasteiger partial charge in [-0.15, -0.1) is 0 Å². The van der Waals surface area contributed by atoms with E-state index in [9.17, 15) is 0 Å². The zero-order chi connectivity index (χ0) is 42.0. The quantitative estimate of drug-likeness (QED) is 0.166. The molecule has 0 bridgehead atoms. The van der Waals surface area contributed by atoms with Gasteiger partial charge in [-0.2, -0.15) is 0 Å². The molecule has 4 heteroatoms. The van der Waals surface area contributed by atoms with Crippen LogP contribution in [0.1, 0.15) is 83.6 Å². The van der Waals surface area contributed by atoms with Crippen molar-refractivity contribution in [1.82, 2.24) is 0 Å². The number of benzene rings is 7. The molecule has 1 aliphatic carbocycles. The summed E-state index contributed by atoms with van der Waals surface area (Å²) in [6, 6.07) is 56.7. The summed E-state index contributed by atoms with van der Waals surface area (Å²) in [4.78, 5) is 4.95. The predicted molar refractivity (Wildman–Crippen MR) is 260 cm³/mol. The molecule has 0 amide bonds.